The Kier molecular flexibility index (Phi) is 9.36. The summed E-state index contributed by atoms with van der Waals surface area (Å²) in [6, 6.07) is 15.8. The molecule has 0 bridgehead atoms. The van der Waals surface area contributed by atoms with Crippen LogP contribution in [0.2, 0.25) is 0 Å². The molecule has 0 saturated heterocycles. The quantitative estimate of drug-likeness (QED) is 0.182. The summed E-state index contributed by atoms with van der Waals surface area (Å²) >= 11 is 0. The normalized spacial score (nSPS) is 10.9. The highest BCUT2D eigenvalue weighted by Gasteiger charge is 2.06. The lowest BCUT2D eigenvalue weighted by Crippen LogP contribution is -1.90. The predicted molar refractivity (Wildman–Crippen MR) is 177 cm³/mol. The molecule has 0 saturated carbocycles. The molecule has 242 valence electrons. The van der Waals surface area contributed by atoms with Gasteiger partial charge in [0.1, 0.15) is 28.5 Å². The highest BCUT2D eigenvalue weighted by molar-refractivity contribution is 5.79. The van der Waals surface area contributed by atoms with Crippen LogP contribution in [0.1, 0.15) is 22.3 Å². The second-order valence-corrected chi connectivity index (χ2v) is 11.4. The van der Waals surface area contributed by atoms with E-state index in [9.17, 15) is 13.2 Å². The number of imidazole rings is 1. The molecule has 47 heavy (non-hydrogen) atoms. The Morgan fingerprint density at radius 3 is 1.72 bits per heavy atom. The zero-order valence-corrected chi connectivity index (χ0v) is 27.5. The molecule has 0 atom stereocenters. The maximum atomic E-state index is 13.0. The molecule has 0 N–H and O–H groups in total. The molecule has 0 aliphatic rings. The zero-order chi connectivity index (χ0) is 34.0. The van der Waals surface area contributed by atoms with Crippen LogP contribution in [0.25, 0.3) is 44.0 Å². The number of fused-ring (bicyclic) bond motifs is 4. The van der Waals surface area contributed by atoms with Crippen LogP contribution in [0.15, 0.2) is 67.1 Å². The average molecular weight is 641 g/mol. The average Bonchev–Trinajstić information content (AvgIpc) is 3.79. The van der Waals surface area contributed by atoms with Gasteiger partial charge in [0.15, 0.2) is 0 Å². The fourth-order valence-corrected chi connectivity index (χ4v) is 4.83. The van der Waals surface area contributed by atoms with Crippen LogP contribution in [0.3, 0.4) is 0 Å². The fraction of sp³-hybridized carbons (Fsp3) is 0.235. The number of halogens is 3. The fourth-order valence-electron chi connectivity index (χ4n) is 4.83. The molecule has 0 aliphatic heterocycles. The molecule has 8 aromatic rings. The van der Waals surface area contributed by atoms with E-state index in [1.807, 2.05) is 37.8 Å². The minimum atomic E-state index is -0.233. The van der Waals surface area contributed by atoms with Crippen LogP contribution in [-0.2, 0) is 28.2 Å². The van der Waals surface area contributed by atoms with Gasteiger partial charge in [0, 0.05) is 45.7 Å². The van der Waals surface area contributed by atoms with Crippen molar-refractivity contribution in [2.24, 2.45) is 28.2 Å². The number of nitrogens with zero attached hydrogens (tertiary/aromatic N) is 10. The summed E-state index contributed by atoms with van der Waals surface area (Å²) in [5, 5.41) is 20.3. The van der Waals surface area contributed by atoms with Crippen molar-refractivity contribution >= 4 is 44.0 Å². The minimum Gasteiger partial charge on any atom is -0.334 e. The van der Waals surface area contributed by atoms with Crippen molar-refractivity contribution in [2.45, 2.75) is 27.7 Å². The van der Waals surface area contributed by atoms with Gasteiger partial charge in [-0.2, -0.15) is 5.10 Å². The van der Waals surface area contributed by atoms with Gasteiger partial charge in [-0.1, -0.05) is 16.5 Å². The van der Waals surface area contributed by atoms with Crippen LogP contribution in [-0.4, -0.2) is 49.3 Å². The number of aromatic nitrogens is 10. The Balaban J connectivity index is 0.000000123. The van der Waals surface area contributed by atoms with E-state index in [1.165, 1.54) is 23.8 Å². The Bertz CT molecular complexity index is 2150. The Morgan fingerprint density at radius 1 is 0.532 bits per heavy atom. The van der Waals surface area contributed by atoms with Gasteiger partial charge in [-0.05, 0) is 86.3 Å². The number of benzene rings is 4. The topological polar surface area (TPSA) is 97.1 Å². The Hall–Kier alpha value is -5.59. The minimum absolute atomic E-state index is 0.171. The van der Waals surface area contributed by atoms with E-state index in [0.717, 1.165) is 33.0 Å². The van der Waals surface area contributed by atoms with Gasteiger partial charge in [0.2, 0.25) is 0 Å². The lowest BCUT2D eigenvalue weighted by Gasteiger charge is -1.97. The Morgan fingerprint density at radius 2 is 1.06 bits per heavy atom. The van der Waals surface area contributed by atoms with Gasteiger partial charge >= 0.3 is 0 Å². The van der Waals surface area contributed by atoms with E-state index in [2.05, 4.69) is 43.7 Å². The van der Waals surface area contributed by atoms with Crippen molar-refractivity contribution in [1.82, 2.24) is 49.3 Å². The first kappa shape index (κ1) is 32.8. The van der Waals surface area contributed by atoms with Gasteiger partial charge in [-0.15, -0.1) is 10.2 Å². The SMILES string of the molecule is Cc1cc2c(cc1F)ncn2C.Cc1cc2c(cc1F)nnn2C.Cc1cc2c(cnn2C)cc1F.Cc1ccc2nnn(C)c2c1. The second kappa shape index (κ2) is 13.4. The third-order valence-corrected chi connectivity index (χ3v) is 7.69. The number of aryl methyl sites for hydroxylation is 8. The molecule has 0 radical (unpaired) electrons. The van der Waals surface area contributed by atoms with Gasteiger partial charge in [-0.3, -0.25) is 4.68 Å². The lowest BCUT2D eigenvalue weighted by atomic mass is 10.2. The molecule has 0 amide bonds. The molecule has 0 fully saturated rings. The Labute approximate surface area is 269 Å². The van der Waals surface area contributed by atoms with E-state index < -0.39 is 0 Å². The molecule has 0 unspecified atom stereocenters. The van der Waals surface area contributed by atoms with Gasteiger partial charge < -0.3 is 4.57 Å². The van der Waals surface area contributed by atoms with Crippen LogP contribution in [0.5, 0.6) is 0 Å². The highest BCUT2D eigenvalue weighted by Crippen LogP contribution is 2.18. The molecular formula is C34H35F3N10. The largest absolute Gasteiger partial charge is 0.334 e. The summed E-state index contributed by atoms with van der Waals surface area (Å²) < 4.78 is 46.0. The van der Waals surface area contributed by atoms with Crippen molar-refractivity contribution in [2.75, 3.05) is 0 Å². The zero-order valence-electron chi connectivity index (χ0n) is 27.5. The van der Waals surface area contributed by atoms with Gasteiger partial charge in [0.05, 0.1) is 40.1 Å². The molecule has 4 aromatic carbocycles. The third-order valence-electron chi connectivity index (χ3n) is 7.69. The molecule has 10 nitrogen and oxygen atoms in total. The maximum Gasteiger partial charge on any atom is 0.128 e. The van der Waals surface area contributed by atoms with Crippen molar-refractivity contribution < 1.29 is 13.2 Å². The summed E-state index contributed by atoms with van der Waals surface area (Å²) in [4.78, 5) is 4.04. The number of hydrogen-bond acceptors (Lipinski definition) is 6. The molecule has 13 heteroatoms. The summed E-state index contributed by atoms with van der Waals surface area (Å²) in [7, 11) is 7.42. The molecule has 4 aromatic heterocycles. The van der Waals surface area contributed by atoms with Gasteiger partial charge in [0.25, 0.3) is 0 Å². The highest BCUT2D eigenvalue weighted by atomic mass is 19.1. The molecule has 8 rings (SSSR count). The predicted octanol–water partition coefficient (Wildman–Crippen LogP) is 6.73. The number of hydrogen-bond donors (Lipinski definition) is 0. The molecule has 0 aliphatic carbocycles. The van der Waals surface area contributed by atoms with E-state index in [4.69, 9.17) is 0 Å². The summed E-state index contributed by atoms with van der Waals surface area (Å²) in [5.41, 5.74) is 9.31. The van der Waals surface area contributed by atoms with Crippen molar-refractivity contribution in [3.8, 4) is 0 Å². The molecular weight excluding hydrogens is 605 g/mol. The van der Waals surface area contributed by atoms with Crippen molar-refractivity contribution in [1.29, 1.82) is 0 Å². The summed E-state index contributed by atoms with van der Waals surface area (Å²) in [5.74, 6) is -0.597. The van der Waals surface area contributed by atoms with Crippen LogP contribution in [0, 0.1) is 45.1 Å². The lowest BCUT2D eigenvalue weighted by molar-refractivity contribution is 0.620. The van der Waals surface area contributed by atoms with Crippen molar-refractivity contribution in [3.05, 3.63) is 107 Å². The van der Waals surface area contributed by atoms with Crippen LogP contribution >= 0.6 is 0 Å². The standard InChI is InChI=1S/2C9H9FN2.C8H8FN3.C8H9N3/c1-6-3-9-8(4-7(6)10)11-5-12(9)2;1-6-3-9-7(4-8(6)10)5-11-12(9)2;1-5-3-8-7(4-6(5)9)10-11-12(8)2;1-6-3-4-7-8(5-6)11(2)10-9-7/h2*3-5H,1-2H3;3-4H,1-2H3;3-5H,1-2H3. The summed E-state index contributed by atoms with van der Waals surface area (Å²) in [6.45, 7) is 7.29. The van der Waals surface area contributed by atoms with Crippen LogP contribution in [0.4, 0.5) is 13.2 Å². The van der Waals surface area contributed by atoms with Crippen LogP contribution < -0.4 is 0 Å². The van der Waals surface area contributed by atoms with Gasteiger partial charge in [-0.25, -0.2) is 27.5 Å². The van der Waals surface area contributed by atoms with E-state index >= 15 is 0 Å². The first-order valence-electron chi connectivity index (χ1n) is 14.7. The van der Waals surface area contributed by atoms with E-state index in [1.54, 1.807) is 72.6 Å². The van der Waals surface area contributed by atoms with E-state index in [-0.39, 0.29) is 17.5 Å². The monoisotopic (exact) mass is 640 g/mol. The van der Waals surface area contributed by atoms with Crippen molar-refractivity contribution in [3.63, 3.8) is 0 Å². The third kappa shape index (κ3) is 7.13. The first-order valence-corrected chi connectivity index (χ1v) is 14.7. The smallest absolute Gasteiger partial charge is 0.128 e. The molecule has 0 spiro atoms. The maximum absolute atomic E-state index is 13.0. The molecule has 4 heterocycles. The summed E-state index contributed by atoms with van der Waals surface area (Å²) in [6.07, 6.45) is 3.35. The van der Waals surface area contributed by atoms with E-state index in [0.29, 0.717) is 27.7 Å². The first-order chi connectivity index (χ1) is 22.3. The second-order valence-electron chi connectivity index (χ2n) is 11.4. The number of rotatable bonds is 0.